The second-order valence-electron chi connectivity index (χ2n) is 6.54. The summed E-state index contributed by atoms with van der Waals surface area (Å²) in [5.41, 5.74) is 1.68. The molecule has 0 radical (unpaired) electrons. The summed E-state index contributed by atoms with van der Waals surface area (Å²) in [7, 11) is 0. The van der Waals surface area contributed by atoms with Crippen LogP contribution >= 0.6 is 0 Å². The fourth-order valence-electron chi connectivity index (χ4n) is 2.91. The molecule has 2 nitrogen and oxygen atoms in total. The van der Waals surface area contributed by atoms with Crippen molar-refractivity contribution in [3.05, 3.63) is 59.3 Å². The average molecular weight is 347 g/mol. The van der Waals surface area contributed by atoms with E-state index in [4.69, 9.17) is 4.74 Å². The van der Waals surface area contributed by atoms with Crippen LogP contribution in [0.15, 0.2) is 48.2 Å². The molecule has 25 heavy (non-hydrogen) atoms. The molecule has 0 N–H and O–H groups in total. The molecular weight excluding hydrogens is 327 g/mol. The molecule has 3 rings (SSSR count). The minimum absolute atomic E-state index is 0.143. The van der Waals surface area contributed by atoms with E-state index >= 15 is 0 Å². The predicted octanol–water partition coefficient (Wildman–Crippen LogP) is 6.49. The maximum atomic E-state index is 12.6. The fraction of sp³-hybridized carbons (Fsp3) is 0.350. The zero-order valence-corrected chi connectivity index (χ0v) is 14.0. The third-order valence-corrected chi connectivity index (χ3v) is 4.43. The predicted molar refractivity (Wildman–Crippen MR) is 91.4 cm³/mol. The van der Waals surface area contributed by atoms with Gasteiger partial charge in [0.1, 0.15) is 5.75 Å². The molecule has 0 bridgehead atoms. The van der Waals surface area contributed by atoms with Crippen molar-refractivity contribution >= 4 is 6.08 Å². The Morgan fingerprint density at radius 1 is 1.12 bits per heavy atom. The molecular formula is C20H20F3NO. The van der Waals surface area contributed by atoms with Crippen LogP contribution in [-0.4, -0.2) is 4.98 Å². The van der Waals surface area contributed by atoms with Gasteiger partial charge in [0.2, 0.25) is 5.88 Å². The van der Waals surface area contributed by atoms with Crippen molar-refractivity contribution in [1.82, 2.24) is 4.98 Å². The second kappa shape index (κ2) is 7.30. The molecule has 1 aliphatic rings. The van der Waals surface area contributed by atoms with Gasteiger partial charge in [-0.15, -0.1) is 0 Å². The SMILES string of the molecule is CC1CCC(=Cc2cccc(Oc3ccc(C(F)(F)F)cn3)c2)CC1. The molecule has 0 aliphatic heterocycles. The first-order valence-corrected chi connectivity index (χ1v) is 8.41. The van der Waals surface area contributed by atoms with Gasteiger partial charge in [0.05, 0.1) is 5.56 Å². The van der Waals surface area contributed by atoms with Gasteiger partial charge in [-0.25, -0.2) is 4.98 Å². The Kier molecular flexibility index (Phi) is 5.11. The molecule has 0 saturated heterocycles. The molecule has 0 amide bonds. The summed E-state index contributed by atoms with van der Waals surface area (Å²) in [6, 6.07) is 9.72. The van der Waals surface area contributed by atoms with Crippen LogP contribution in [0, 0.1) is 5.92 Å². The lowest BCUT2D eigenvalue weighted by Gasteiger charge is -2.20. The Labute approximate surface area is 145 Å². The van der Waals surface area contributed by atoms with Gasteiger partial charge >= 0.3 is 6.18 Å². The van der Waals surface area contributed by atoms with E-state index in [1.165, 1.54) is 24.5 Å². The van der Waals surface area contributed by atoms with Crippen LogP contribution in [0.4, 0.5) is 13.2 Å². The first-order chi connectivity index (χ1) is 11.9. The molecule has 0 spiro atoms. The maximum Gasteiger partial charge on any atom is 0.417 e. The van der Waals surface area contributed by atoms with Gasteiger partial charge < -0.3 is 4.74 Å². The topological polar surface area (TPSA) is 22.1 Å². The van der Waals surface area contributed by atoms with Crippen LogP contribution in [0.2, 0.25) is 0 Å². The number of benzene rings is 1. The smallest absolute Gasteiger partial charge is 0.417 e. The van der Waals surface area contributed by atoms with Crippen molar-refractivity contribution in [2.75, 3.05) is 0 Å². The van der Waals surface area contributed by atoms with Crippen molar-refractivity contribution in [3.8, 4) is 11.6 Å². The van der Waals surface area contributed by atoms with Crippen LogP contribution in [-0.2, 0) is 6.18 Å². The summed E-state index contributed by atoms with van der Waals surface area (Å²) in [6.07, 6.45) is 3.24. The quantitative estimate of drug-likeness (QED) is 0.633. The van der Waals surface area contributed by atoms with Gasteiger partial charge in [-0.05, 0) is 55.4 Å². The number of aromatic nitrogens is 1. The van der Waals surface area contributed by atoms with Crippen LogP contribution in [0.25, 0.3) is 6.08 Å². The second-order valence-corrected chi connectivity index (χ2v) is 6.54. The lowest BCUT2D eigenvalue weighted by Crippen LogP contribution is -2.05. The van der Waals surface area contributed by atoms with E-state index in [9.17, 15) is 13.2 Å². The zero-order chi connectivity index (χ0) is 17.9. The highest BCUT2D eigenvalue weighted by Crippen LogP contribution is 2.31. The number of nitrogens with zero attached hydrogens (tertiary/aromatic N) is 1. The van der Waals surface area contributed by atoms with E-state index in [2.05, 4.69) is 18.0 Å². The summed E-state index contributed by atoms with van der Waals surface area (Å²) in [4.78, 5) is 3.74. The highest BCUT2D eigenvalue weighted by molar-refractivity contribution is 5.55. The van der Waals surface area contributed by atoms with E-state index in [0.29, 0.717) is 5.75 Å². The van der Waals surface area contributed by atoms with Crippen LogP contribution in [0.5, 0.6) is 11.6 Å². The van der Waals surface area contributed by atoms with Crippen molar-refractivity contribution in [2.24, 2.45) is 5.92 Å². The number of hydrogen-bond donors (Lipinski definition) is 0. The molecule has 1 heterocycles. The van der Waals surface area contributed by atoms with E-state index in [1.54, 1.807) is 6.07 Å². The van der Waals surface area contributed by atoms with Crippen molar-refractivity contribution in [1.29, 1.82) is 0 Å². The maximum absolute atomic E-state index is 12.6. The molecule has 1 aromatic heterocycles. The average Bonchev–Trinajstić information content (AvgIpc) is 2.57. The molecule has 0 atom stereocenters. The fourth-order valence-corrected chi connectivity index (χ4v) is 2.91. The van der Waals surface area contributed by atoms with Crippen molar-refractivity contribution in [3.63, 3.8) is 0 Å². The van der Waals surface area contributed by atoms with E-state index in [-0.39, 0.29) is 5.88 Å². The number of pyridine rings is 1. The summed E-state index contributed by atoms with van der Waals surface area (Å²) >= 11 is 0. The van der Waals surface area contributed by atoms with Crippen LogP contribution in [0.1, 0.15) is 43.7 Å². The molecule has 1 fully saturated rings. The Hall–Kier alpha value is -2.30. The van der Waals surface area contributed by atoms with Gasteiger partial charge in [-0.2, -0.15) is 13.2 Å². The van der Waals surface area contributed by atoms with Gasteiger partial charge in [-0.1, -0.05) is 30.7 Å². The lowest BCUT2D eigenvalue weighted by molar-refractivity contribution is -0.137. The molecule has 1 aliphatic carbocycles. The molecule has 1 aromatic carbocycles. The van der Waals surface area contributed by atoms with Crippen molar-refractivity contribution in [2.45, 2.75) is 38.8 Å². The van der Waals surface area contributed by atoms with Crippen LogP contribution in [0.3, 0.4) is 0 Å². The monoisotopic (exact) mass is 347 g/mol. The standard InChI is InChI=1S/C20H20F3NO/c1-14-5-7-15(8-6-14)11-16-3-2-4-18(12-16)25-19-10-9-17(13-24-19)20(21,22)23/h2-4,9-14H,5-8H2,1H3. The Morgan fingerprint density at radius 3 is 2.52 bits per heavy atom. The summed E-state index contributed by atoms with van der Waals surface area (Å²) < 4.78 is 43.3. The Balaban J connectivity index is 1.70. The molecule has 2 aromatic rings. The Morgan fingerprint density at radius 2 is 1.88 bits per heavy atom. The number of alkyl halides is 3. The zero-order valence-electron chi connectivity index (χ0n) is 14.0. The third kappa shape index (κ3) is 4.84. The van der Waals surface area contributed by atoms with Crippen molar-refractivity contribution < 1.29 is 17.9 Å². The van der Waals surface area contributed by atoms with Crippen LogP contribution < -0.4 is 4.74 Å². The van der Waals surface area contributed by atoms with Gasteiger partial charge in [0.15, 0.2) is 0 Å². The van der Waals surface area contributed by atoms with Gasteiger partial charge in [-0.3, -0.25) is 0 Å². The third-order valence-electron chi connectivity index (χ3n) is 4.43. The first kappa shape index (κ1) is 17.5. The number of hydrogen-bond acceptors (Lipinski definition) is 2. The molecule has 5 heteroatoms. The van der Waals surface area contributed by atoms with Gasteiger partial charge in [0.25, 0.3) is 0 Å². The minimum atomic E-state index is -4.39. The first-order valence-electron chi connectivity index (χ1n) is 8.41. The summed E-state index contributed by atoms with van der Waals surface area (Å²) in [5.74, 6) is 1.49. The minimum Gasteiger partial charge on any atom is -0.439 e. The lowest BCUT2D eigenvalue weighted by atomic mass is 9.86. The Bertz CT molecular complexity index is 740. The number of halogens is 3. The van der Waals surface area contributed by atoms with Gasteiger partial charge in [0, 0.05) is 12.3 Å². The number of allylic oxidation sites excluding steroid dienone is 1. The molecule has 132 valence electrons. The molecule has 0 unspecified atom stereocenters. The largest absolute Gasteiger partial charge is 0.439 e. The highest BCUT2D eigenvalue weighted by atomic mass is 19.4. The van der Waals surface area contributed by atoms with E-state index in [1.807, 2.05) is 18.2 Å². The number of ether oxygens (including phenoxy) is 1. The number of rotatable bonds is 3. The summed E-state index contributed by atoms with van der Waals surface area (Å²) in [6.45, 7) is 2.28. The normalized spacial score (nSPS) is 18.1. The van der Waals surface area contributed by atoms with E-state index in [0.717, 1.165) is 36.6 Å². The molecule has 1 saturated carbocycles. The summed E-state index contributed by atoms with van der Waals surface area (Å²) in [5, 5.41) is 0. The van der Waals surface area contributed by atoms with E-state index < -0.39 is 11.7 Å². The highest BCUT2D eigenvalue weighted by Gasteiger charge is 2.30.